The molecule has 2 aliphatic rings. The highest BCUT2D eigenvalue weighted by atomic mass is 19.3. The summed E-state index contributed by atoms with van der Waals surface area (Å²) in [4.78, 5) is 10.9. The van der Waals surface area contributed by atoms with Crippen LogP contribution in [-0.2, 0) is 9.53 Å². The summed E-state index contributed by atoms with van der Waals surface area (Å²) < 4.78 is 32.4. The zero-order chi connectivity index (χ0) is 11.8. The summed E-state index contributed by atoms with van der Waals surface area (Å²) in [5, 5.41) is 2.44. The summed E-state index contributed by atoms with van der Waals surface area (Å²) >= 11 is 0. The lowest BCUT2D eigenvalue weighted by atomic mass is 9.93. The van der Waals surface area contributed by atoms with E-state index in [1.54, 1.807) is 0 Å². The van der Waals surface area contributed by atoms with Gasteiger partial charge in [0.25, 0.3) is 5.92 Å². The molecule has 2 rings (SSSR count). The average molecular weight is 231 g/mol. The molecule has 1 N–H and O–H groups in total. The number of carbonyl (C=O) groups is 1. The van der Waals surface area contributed by atoms with E-state index < -0.39 is 23.2 Å². The van der Waals surface area contributed by atoms with Gasteiger partial charge < -0.3 is 10.1 Å². The first-order valence-electron chi connectivity index (χ1n) is 5.40. The minimum absolute atomic E-state index is 0.0256. The van der Waals surface area contributed by atoms with Crippen LogP contribution in [0.3, 0.4) is 0 Å². The van der Waals surface area contributed by atoms with Gasteiger partial charge in [0.2, 0.25) is 5.91 Å². The lowest BCUT2D eigenvalue weighted by molar-refractivity contribution is -0.116. The third-order valence-electron chi connectivity index (χ3n) is 3.74. The van der Waals surface area contributed by atoms with Gasteiger partial charge in [0.05, 0.1) is 5.92 Å². The molecular formula is C11H15F2NO2. The normalized spacial score (nSPS) is 29.8. The number of rotatable bonds is 3. The van der Waals surface area contributed by atoms with Gasteiger partial charge in [-0.05, 0) is 18.9 Å². The molecule has 1 unspecified atom stereocenters. The number of carbonyl (C=O) groups excluding carboxylic acids is 1. The number of nitrogens with one attached hydrogen (secondary N) is 1. The van der Waals surface area contributed by atoms with Gasteiger partial charge in [-0.15, -0.1) is 0 Å². The highest BCUT2D eigenvalue weighted by Crippen LogP contribution is 2.70. The molecule has 1 atom stereocenters. The third-order valence-corrected chi connectivity index (χ3v) is 3.74. The maximum atomic E-state index is 13.7. The second-order valence-corrected chi connectivity index (χ2v) is 4.39. The van der Waals surface area contributed by atoms with Crippen LogP contribution in [0.1, 0.15) is 12.8 Å². The van der Waals surface area contributed by atoms with Gasteiger partial charge in [-0.2, -0.15) is 0 Å². The molecule has 0 aromatic carbocycles. The quantitative estimate of drug-likeness (QED) is 0.744. The molecule has 1 saturated carbocycles. The van der Waals surface area contributed by atoms with Gasteiger partial charge in [-0.1, -0.05) is 6.58 Å². The standard InChI is InChI=1S/C11H15F2NO2/c1-2-9(15)14-7-8-10(11(8,12)13)3-5-16-6-4-10/h2,8H,1,3-7H2,(H,14,15). The first-order chi connectivity index (χ1) is 7.54. The molecule has 1 heterocycles. The number of halogens is 2. The van der Waals surface area contributed by atoms with E-state index >= 15 is 0 Å². The second-order valence-electron chi connectivity index (χ2n) is 4.39. The van der Waals surface area contributed by atoms with Crippen molar-refractivity contribution in [2.45, 2.75) is 18.8 Å². The van der Waals surface area contributed by atoms with Crippen molar-refractivity contribution in [2.75, 3.05) is 19.8 Å². The molecule has 1 aliphatic carbocycles. The molecule has 5 heteroatoms. The first kappa shape index (κ1) is 11.5. The fraction of sp³-hybridized carbons (Fsp3) is 0.727. The predicted octanol–water partition coefficient (Wildman–Crippen LogP) is 1.35. The SMILES string of the molecule is C=CC(=O)NCC1C(F)(F)C12CCOCC2. The second kappa shape index (κ2) is 3.80. The third kappa shape index (κ3) is 1.54. The van der Waals surface area contributed by atoms with E-state index in [1.165, 1.54) is 0 Å². The Kier molecular flexibility index (Phi) is 2.74. The van der Waals surface area contributed by atoms with E-state index in [0.717, 1.165) is 6.08 Å². The number of amides is 1. The van der Waals surface area contributed by atoms with Crippen LogP contribution in [0.5, 0.6) is 0 Å². The highest BCUT2D eigenvalue weighted by molar-refractivity contribution is 5.86. The summed E-state index contributed by atoms with van der Waals surface area (Å²) in [6, 6.07) is 0. The summed E-state index contributed by atoms with van der Waals surface area (Å²) in [6.07, 6.45) is 1.86. The molecule has 1 spiro atoms. The summed E-state index contributed by atoms with van der Waals surface area (Å²) in [6.45, 7) is 4.09. The lowest BCUT2D eigenvalue weighted by Gasteiger charge is -2.22. The van der Waals surface area contributed by atoms with Crippen LogP contribution in [-0.4, -0.2) is 31.6 Å². The first-order valence-corrected chi connectivity index (χ1v) is 5.40. The van der Waals surface area contributed by atoms with Gasteiger partial charge >= 0.3 is 0 Å². The van der Waals surface area contributed by atoms with E-state index in [0.29, 0.717) is 26.1 Å². The Labute approximate surface area is 92.8 Å². The Bertz CT molecular complexity index is 311. The maximum absolute atomic E-state index is 13.7. The molecule has 0 radical (unpaired) electrons. The number of hydrogen-bond donors (Lipinski definition) is 1. The molecule has 0 bridgehead atoms. The molecule has 1 aliphatic heterocycles. The Balaban J connectivity index is 1.95. The lowest BCUT2D eigenvalue weighted by Crippen LogP contribution is -2.27. The van der Waals surface area contributed by atoms with Crippen LogP contribution in [0.25, 0.3) is 0 Å². The van der Waals surface area contributed by atoms with Gasteiger partial charge in [-0.3, -0.25) is 4.79 Å². The van der Waals surface area contributed by atoms with Crippen LogP contribution < -0.4 is 5.32 Å². The molecule has 2 fully saturated rings. The van der Waals surface area contributed by atoms with Gasteiger partial charge in [0.1, 0.15) is 0 Å². The predicted molar refractivity (Wildman–Crippen MR) is 54.1 cm³/mol. The Morgan fingerprint density at radius 3 is 2.69 bits per heavy atom. The number of alkyl halides is 2. The minimum Gasteiger partial charge on any atom is -0.381 e. The number of hydrogen-bond acceptors (Lipinski definition) is 2. The Morgan fingerprint density at radius 2 is 2.12 bits per heavy atom. The molecule has 90 valence electrons. The number of ether oxygens (including phenoxy) is 1. The topological polar surface area (TPSA) is 38.3 Å². The molecule has 1 amide bonds. The Morgan fingerprint density at radius 1 is 1.50 bits per heavy atom. The van der Waals surface area contributed by atoms with Gasteiger partial charge in [0.15, 0.2) is 0 Å². The van der Waals surface area contributed by atoms with Crippen molar-refractivity contribution >= 4 is 5.91 Å². The fourth-order valence-corrected chi connectivity index (χ4v) is 2.61. The average Bonchev–Trinajstić information content (AvgIpc) is 2.72. The Hall–Kier alpha value is -0.970. The largest absolute Gasteiger partial charge is 0.381 e. The highest BCUT2D eigenvalue weighted by Gasteiger charge is 2.79. The molecule has 0 aromatic heterocycles. The van der Waals surface area contributed by atoms with E-state index in [9.17, 15) is 13.6 Å². The van der Waals surface area contributed by atoms with Crippen LogP contribution in [0, 0.1) is 11.3 Å². The van der Waals surface area contributed by atoms with Crippen LogP contribution in [0.2, 0.25) is 0 Å². The fourth-order valence-electron chi connectivity index (χ4n) is 2.61. The van der Waals surface area contributed by atoms with E-state index in [4.69, 9.17) is 4.74 Å². The summed E-state index contributed by atoms with van der Waals surface area (Å²) in [5.74, 6) is -3.80. The molecule has 1 saturated heterocycles. The van der Waals surface area contributed by atoms with E-state index in [-0.39, 0.29) is 6.54 Å². The van der Waals surface area contributed by atoms with Crippen LogP contribution in [0.4, 0.5) is 8.78 Å². The summed E-state index contributed by atoms with van der Waals surface area (Å²) in [7, 11) is 0. The smallest absolute Gasteiger partial charge is 0.259 e. The van der Waals surface area contributed by atoms with Crippen molar-refractivity contribution in [3.63, 3.8) is 0 Å². The zero-order valence-corrected chi connectivity index (χ0v) is 8.97. The monoisotopic (exact) mass is 231 g/mol. The van der Waals surface area contributed by atoms with Crippen molar-refractivity contribution in [1.82, 2.24) is 5.32 Å². The van der Waals surface area contributed by atoms with Crippen molar-refractivity contribution in [2.24, 2.45) is 11.3 Å². The van der Waals surface area contributed by atoms with Crippen molar-refractivity contribution in [3.8, 4) is 0 Å². The van der Waals surface area contributed by atoms with Gasteiger partial charge in [-0.25, -0.2) is 8.78 Å². The molecule has 3 nitrogen and oxygen atoms in total. The van der Waals surface area contributed by atoms with Crippen molar-refractivity contribution < 1.29 is 18.3 Å². The molecule has 16 heavy (non-hydrogen) atoms. The van der Waals surface area contributed by atoms with Crippen molar-refractivity contribution in [3.05, 3.63) is 12.7 Å². The molecule has 0 aromatic rings. The summed E-state index contributed by atoms with van der Waals surface area (Å²) in [5.41, 5.74) is -0.931. The molecular weight excluding hydrogens is 216 g/mol. The van der Waals surface area contributed by atoms with E-state index in [2.05, 4.69) is 11.9 Å². The van der Waals surface area contributed by atoms with E-state index in [1.807, 2.05) is 0 Å². The maximum Gasteiger partial charge on any atom is 0.259 e. The van der Waals surface area contributed by atoms with Crippen molar-refractivity contribution in [1.29, 1.82) is 0 Å². The van der Waals surface area contributed by atoms with Gasteiger partial charge in [0, 0.05) is 25.2 Å². The zero-order valence-electron chi connectivity index (χ0n) is 8.97. The van der Waals surface area contributed by atoms with Crippen LogP contribution in [0.15, 0.2) is 12.7 Å². The van der Waals surface area contributed by atoms with Crippen LogP contribution >= 0.6 is 0 Å². The minimum atomic E-state index is -2.66.